The van der Waals surface area contributed by atoms with E-state index >= 15 is 0 Å². The smallest absolute Gasteiger partial charge is 0.277 e. The normalized spacial score (nSPS) is 10.8. The average molecular weight is 348 g/mol. The minimum atomic E-state index is 0.384. The lowest BCUT2D eigenvalue weighted by Gasteiger charge is -2.05. The summed E-state index contributed by atoms with van der Waals surface area (Å²) in [6.45, 7) is 1.97. The van der Waals surface area contributed by atoms with E-state index in [1.807, 2.05) is 6.92 Å². The molecule has 0 radical (unpaired) electrons. The van der Waals surface area contributed by atoms with Crippen LogP contribution < -0.4 is 9.47 Å². The minimum absolute atomic E-state index is 0.384. The fourth-order valence-electron chi connectivity index (χ4n) is 1.93. The molecule has 0 saturated heterocycles. The Morgan fingerprint density at radius 3 is 2.46 bits per heavy atom. The fourth-order valence-corrected chi connectivity index (χ4v) is 2.53. The molecule has 0 saturated carbocycles. The van der Waals surface area contributed by atoms with Crippen LogP contribution in [0.4, 0.5) is 0 Å². The molecule has 0 bridgehead atoms. The third-order valence-corrected chi connectivity index (χ3v) is 3.95. The van der Waals surface area contributed by atoms with E-state index in [0.29, 0.717) is 40.1 Å². The Labute approximate surface area is 142 Å². The van der Waals surface area contributed by atoms with Gasteiger partial charge in [-0.05, 0) is 12.1 Å². The molecule has 8 nitrogen and oxygen atoms in total. The monoisotopic (exact) mass is 348 g/mol. The first kappa shape index (κ1) is 16.3. The SMILES string of the molecule is CCc1noc(CSc2nnc(-c3cc(OC)cc(OC)c3)o2)n1. The zero-order chi connectivity index (χ0) is 16.9. The lowest BCUT2D eigenvalue weighted by molar-refractivity contribution is 0.384. The van der Waals surface area contributed by atoms with Crippen LogP contribution in [-0.4, -0.2) is 34.6 Å². The molecule has 24 heavy (non-hydrogen) atoms. The second kappa shape index (κ2) is 7.35. The first-order valence-electron chi connectivity index (χ1n) is 7.23. The number of benzene rings is 1. The van der Waals surface area contributed by atoms with Crippen molar-refractivity contribution in [1.29, 1.82) is 0 Å². The molecule has 0 N–H and O–H groups in total. The van der Waals surface area contributed by atoms with Crippen molar-refractivity contribution in [2.45, 2.75) is 24.3 Å². The summed E-state index contributed by atoms with van der Waals surface area (Å²) >= 11 is 1.33. The number of thioether (sulfide) groups is 1. The molecule has 1 aromatic carbocycles. The van der Waals surface area contributed by atoms with Crippen LogP contribution in [0.2, 0.25) is 0 Å². The zero-order valence-electron chi connectivity index (χ0n) is 13.5. The highest BCUT2D eigenvalue weighted by Gasteiger charge is 2.13. The number of hydrogen-bond donors (Lipinski definition) is 0. The molecule has 9 heteroatoms. The summed E-state index contributed by atoms with van der Waals surface area (Å²) < 4.78 is 21.3. The first-order valence-corrected chi connectivity index (χ1v) is 8.21. The number of nitrogens with zero attached hydrogens (tertiary/aromatic N) is 4. The van der Waals surface area contributed by atoms with Gasteiger partial charge in [-0.1, -0.05) is 23.8 Å². The van der Waals surface area contributed by atoms with Gasteiger partial charge in [0.1, 0.15) is 11.5 Å². The Bertz CT molecular complexity index is 795. The van der Waals surface area contributed by atoms with E-state index in [1.54, 1.807) is 32.4 Å². The fraction of sp³-hybridized carbons (Fsp3) is 0.333. The van der Waals surface area contributed by atoms with Crippen LogP contribution in [0.25, 0.3) is 11.5 Å². The summed E-state index contributed by atoms with van der Waals surface area (Å²) in [5.41, 5.74) is 0.719. The van der Waals surface area contributed by atoms with Gasteiger partial charge in [0.05, 0.1) is 20.0 Å². The predicted molar refractivity (Wildman–Crippen MR) is 86.1 cm³/mol. The third-order valence-electron chi connectivity index (χ3n) is 3.15. The molecule has 0 amide bonds. The van der Waals surface area contributed by atoms with Gasteiger partial charge in [-0.25, -0.2) is 0 Å². The van der Waals surface area contributed by atoms with Gasteiger partial charge >= 0.3 is 0 Å². The average Bonchev–Trinajstić information content (AvgIpc) is 3.28. The van der Waals surface area contributed by atoms with Crippen molar-refractivity contribution >= 4 is 11.8 Å². The quantitative estimate of drug-likeness (QED) is 0.597. The summed E-state index contributed by atoms with van der Waals surface area (Å²) in [6.07, 6.45) is 0.733. The molecule has 2 heterocycles. The summed E-state index contributed by atoms with van der Waals surface area (Å²) in [6, 6.07) is 5.38. The van der Waals surface area contributed by atoms with Gasteiger partial charge in [-0.2, -0.15) is 4.98 Å². The standard InChI is InChI=1S/C15H16N4O4S/c1-4-12-16-13(23-19-12)8-24-15-18-17-14(22-15)9-5-10(20-2)7-11(6-9)21-3/h5-7H,4,8H2,1-3H3. The molecular weight excluding hydrogens is 332 g/mol. The Kier molecular flexibility index (Phi) is 4.99. The van der Waals surface area contributed by atoms with E-state index in [-0.39, 0.29) is 0 Å². The Morgan fingerprint density at radius 2 is 1.83 bits per heavy atom. The molecule has 0 aliphatic carbocycles. The summed E-state index contributed by atoms with van der Waals surface area (Å²) in [5, 5.41) is 12.3. The Hall–Kier alpha value is -2.55. The topological polar surface area (TPSA) is 96.3 Å². The second-order valence-corrected chi connectivity index (χ2v) is 5.65. The Morgan fingerprint density at radius 1 is 1.08 bits per heavy atom. The summed E-state index contributed by atoms with van der Waals surface area (Å²) in [7, 11) is 3.17. The predicted octanol–water partition coefficient (Wildman–Crippen LogP) is 2.99. The van der Waals surface area contributed by atoms with Crippen molar-refractivity contribution in [3.8, 4) is 23.0 Å². The van der Waals surface area contributed by atoms with Crippen LogP contribution in [0.5, 0.6) is 11.5 Å². The van der Waals surface area contributed by atoms with Gasteiger partial charge in [-0.15, -0.1) is 10.2 Å². The van der Waals surface area contributed by atoms with Crippen molar-refractivity contribution in [3.63, 3.8) is 0 Å². The lowest BCUT2D eigenvalue weighted by atomic mass is 10.2. The minimum Gasteiger partial charge on any atom is -0.497 e. The van der Waals surface area contributed by atoms with E-state index in [0.717, 1.165) is 12.0 Å². The molecular formula is C15H16N4O4S. The van der Waals surface area contributed by atoms with Gasteiger partial charge in [-0.3, -0.25) is 0 Å². The third kappa shape index (κ3) is 3.67. The van der Waals surface area contributed by atoms with Crippen molar-refractivity contribution < 1.29 is 18.4 Å². The largest absolute Gasteiger partial charge is 0.497 e. The summed E-state index contributed by atoms with van der Waals surface area (Å²) in [5.74, 6) is 3.36. The highest BCUT2D eigenvalue weighted by atomic mass is 32.2. The van der Waals surface area contributed by atoms with Crippen molar-refractivity contribution in [3.05, 3.63) is 29.9 Å². The second-order valence-electron chi connectivity index (χ2n) is 4.72. The van der Waals surface area contributed by atoms with E-state index < -0.39 is 0 Å². The van der Waals surface area contributed by atoms with Crippen LogP contribution in [-0.2, 0) is 12.2 Å². The van der Waals surface area contributed by atoms with E-state index in [4.69, 9.17) is 18.4 Å². The number of rotatable bonds is 7. The van der Waals surface area contributed by atoms with Crippen LogP contribution in [0, 0.1) is 0 Å². The highest BCUT2D eigenvalue weighted by Crippen LogP contribution is 2.31. The first-order chi connectivity index (χ1) is 11.7. The molecule has 126 valence electrons. The molecule has 3 aromatic rings. The Balaban J connectivity index is 1.73. The molecule has 3 rings (SSSR count). The number of methoxy groups -OCH3 is 2. The van der Waals surface area contributed by atoms with E-state index in [2.05, 4.69) is 20.3 Å². The van der Waals surface area contributed by atoms with Crippen LogP contribution in [0.3, 0.4) is 0 Å². The number of aromatic nitrogens is 4. The maximum Gasteiger partial charge on any atom is 0.277 e. The van der Waals surface area contributed by atoms with E-state index in [9.17, 15) is 0 Å². The number of hydrogen-bond acceptors (Lipinski definition) is 9. The van der Waals surface area contributed by atoms with Crippen LogP contribution in [0.15, 0.2) is 32.4 Å². The van der Waals surface area contributed by atoms with Gasteiger partial charge in [0.25, 0.3) is 5.22 Å². The maximum absolute atomic E-state index is 5.66. The molecule has 0 unspecified atom stereocenters. The van der Waals surface area contributed by atoms with Gasteiger partial charge in [0, 0.05) is 18.1 Å². The van der Waals surface area contributed by atoms with Crippen LogP contribution >= 0.6 is 11.8 Å². The van der Waals surface area contributed by atoms with Crippen LogP contribution in [0.1, 0.15) is 18.6 Å². The highest BCUT2D eigenvalue weighted by molar-refractivity contribution is 7.98. The molecule has 0 aliphatic heterocycles. The van der Waals surface area contributed by atoms with Gasteiger partial charge < -0.3 is 18.4 Å². The molecule has 0 atom stereocenters. The molecule has 0 fully saturated rings. The van der Waals surface area contributed by atoms with Crippen molar-refractivity contribution in [1.82, 2.24) is 20.3 Å². The van der Waals surface area contributed by atoms with E-state index in [1.165, 1.54) is 11.8 Å². The summed E-state index contributed by atoms with van der Waals surface area (Å²) in [4.78, 5) is 4.23. The van der Waals surface area contributed by atoms with Crippen molar-refractivity contribution in [2.24, 2.45) is 0 Å². The number of aryl methyl sites for hydroxylation is 1. The lowest BCUT2D eigenvalue weighted by Crippen LogP contribution is -1.88. The molecule has 0 aliphatic rings. The van der Waals surface area contributed by atoms with Gasteiger partial charge in [0.15, 0.2) is 5.82 Å². The zero-order valence-corrected chi connectivity index (χ0v) is 14.3. The maximum atomic E-state index is 5.66. The van der Waals surface area contributed by atoms with Gasteiger partial charge in [0.2, 0.25) is 11.8 Å². The molecule has 2 aromatic heterocycles. The van der Waals surface area contributed by atoms with Crippen molar-refractivity contribution in [2.75, 3.05) is 14.2 Å². The number of ether oxygens (including phenoxy) is 2. The molecule has 0 spiro atoms.